The molecule has 37 heavy (non-hydrogen) atoms. The van der Waals surface area contributed by atoms with E-state index in [0.29, 0.717) is 22.6 Å². The molecule has 1 aromatic heterocycles. The molecule has 0 spiro atoms. The third-order valence-corrected chi connectivity index (χ3v) is 5.78. The van der Waals surface area contributed by atoms with E-state index in [2.05, 4.69) is 21.3 Å². The largest absolute Gasteiger partial charge is 0.493 e. The molecule has 0 fully saturated rings. The van der Waals surface area contributed by atoms with Gasteiger partial charge >= 0.3 is 0 Å². The zero-order valence-electron chi connectivity index (χ0n) is 21.2. The van der Waals surface area contributed by atoms with Crippen molar-refractivity contribution in [3.8, 4) is 28.3 Å². The molecule has 3 aromatic carbocycles. The fourth-order valence-corrected chi connectivity index (χ4v) is 3.89. The maximum absolute atomic E-state index is 13.2. The quantitative estimate of drug-likeness (QED) is 0.316. The van der Waals surface area contributed by atoms with Crippen molar-refractivity contribution in [1.82, 2.24) is 20.6 Å². The van der Waals surface area contributed by atoms with Gasteiger partial charge in [0.15, 0.2) is 17.2 Å². The second-order valence-electron chi connectivity index (χ2n) is 8.42. The monoisotopic (exact) mass is 499 g/mol. The number of rotatable bonds is 8. The number of benzene rings is 3. The Kier molecular flexibility index (Phi) is 7.73. The number of aryl methyl sites for hydroxylation is 2. The molecular weight excluding hydrogens is 470 g/mol. The van der Waals surface area contributed by atoms with Crippen LogP contribution in [0.4, 0.5) is 5.69 Å². The highest BCUT2D eigenvalue weighted by Crippen LogP contribution is 2.34. The molecule has 0 saturated carbocycles. The number of hydrogen-bond donors (Lipinski definition) is 3. The Morgan fingerprint density at radius 3 is 2.35 bits per heavy atom. The van der Waals surface area contributed by atoms with Gasteiger partial charge in [-0.1, -0.05) is 42.0 Å². The first-order valence-electron chi connectivity index (χ1n) is 11.7. The van der Waals surface area contributed by atoms with E-state index >= 15 is 0 Å². The molecule has 3 N–H and O–H groups in total. The van der Waals surface area contributed by atoms with Crippen LogP contribution in [-0.4, -0.2) is 42.4 Å². The highest BCUT2D eigenvalue weighted by atomic mass is 16.5. The van der Waals surface area contributed by atoms with Crippen LogP contribution >= 0.6 is 0 Å². The van der Waals surface area contributed by atoms with Gasteiger partial charge in [0.1, 0.15) is 0 Å². The topological polar surface area (TPSA) is 107 Å². The van der Waals surface area contributed by atoms with Gasteiger partial charge in [-0.25, -0.2) is 4.68 Å². The molecule has 0 unspecified atom stereocenters. The van der Waals surface area contributed by atoms with Crippen molar-refractivity contribution in [2.24, 2.45) is 0 Å². The van der Waals surface area contributed by atoms with Crippen LogP contribution in [0.15, 0.2) is 72.9 Å². The van der Waals surface area contributed by atoms with E-state index in [1.807, 2.05) is 68.4 Å². The highest BCUT2D eigenvalue weighted by molar-refractivity contribution is 6.00. The van der Waals surface area contributed by atoms with E-state index in [1.165, 1.54) is 0 Å². The summed E-state index contributed by atoms with van der Waals surface area (Å²) in [6.07, 6.45) is 1.76. The number of nitrogens with one attached hydrogen (secondary N) is 3. The summed E-state index contributed by atoms with van der Waals surface area (Å²) in [5, 5.41) is 7.59. The molecule has 0 aliphatic rings. The van der Waals surface area contributed by atoms with Crippen molar-refractivity contribution in [3.63, 3.8) is 0 Å². The van der Waals surface area contributed by atoms with Crippen molar-refractivity contribution >= 4 is 17.5 Å². The predicted molar refractivity (Wildman–Crippen MR) is 142 cm³/mol. The summed E-state index contributed by atoms with van der Waals surface area (Å²) in [6, 6.07) is 20.7. The number of carbonyl (C=O) groups excluding carboxylic acids is 2. The second kappa shape index (κ2) is 11.3. The van der Waals surface area contributed by atoms with Crippen LogP contribution in [0.25, 0.3) is 16.8 Å². The van der Waals surface area contributed by atoms with E-state index in [9.17, 15) is 9.59 Å². The molecule has 9 nitrogen and oxygen atoms in total. The van der Waals surface area contributed by atoms with Gasteiger partial charge in [0.25, 0.3) is 11.8 Å². The van der Waals surface area contributed by atoms with Crippen LogP contribution in [0.2, 0.25) is 0 Å². The zero-order chi connectivity index (χ0) is 26.4. The lowest BCUT2D eigenvalue weighted by molar-refractivity contribution is -0.120. The predicted octanol–water partition coefficient (Wildman–Crippen LogP) is 4.05. The number of hydrogen-bond acceptors (Lipinski definition) is 6. The van der Waals surface area contributed by atoms with Crippen molar-refractivity contribution in [3.05, 3.63) is 89.7 Å². The summed E-state index contributed by atoms with van der Waals surface area (Å²) >= 11 is 0. The van der Waals surface area contributed by atoms with Gasteiger partial charge in [0.05, 0.1) is 26.5 Å². The number of methoxy groups -OCH3 is 2. The SMILES string of the molecule is COc1ccc(-c2cn(-c3ccccc3)nc2C(=O)NNC(=O)CNc2ccc(C)cc2C)cc1OC. The van der Waals surface area contributed by atoms with E-state index in [0.717, 1.165) is 22.5 Å². The lowest BCUT2D eigenvalue weighted by atomic mass is 10.1. The molecule has 0 aliphatic heterocycles. The molecule has 0 atom stereocenters. The number of nitrogens with zero attached hydrogens (tertiary/aromatic N) is 2. The minimum Gasteiger partial charge on any atom is -0.493 e. The lowest BCUT2D eigenvalue weighted by Gasteiger charge is -2.12. The highest BCUT2D eigenvalue weighted by Gasteiger charge is 2.21. The molecule has 0 aliphatic carbocycles. The van der Waals surface area contributed by atoms with Gasteiger partial charge in [-0.2, -0.15) is 5.10 Å². The van der Waals surface area contributed by atoms with Crippen molar-refractivity contribution in [2.45, 2.75) is 13.8 Å². The van der Waals surface area contributed by atoms with Gasteiger partial charge in [0.2, 0.25) is 0 Å². The molecule has 9 heteroatoms. The van der Waals surface area contributed by atoms with Crippen LogP contribution in [-0.2, 0) is 4.79 Å². The summed E-state index contributed by atoms with van der Waals surface area (Å²) in [4.78, 5) is 25.6. The lowest BCUT2D eigenvalue weighted by Crippen LogP contribution is -2.44. The Labute approximate surface area is 215 Å². The molecule has 0 bridgehead atoms. The van der Waals surface area contributed by atoms with Gasteiger partial charge < -0.3 is 14.8 Å². The maximum atomic E-state index is 13.2. The number of carbonyl (C=O) groups is 2. The van der Waals surface area contributed by atoms with Gasteiger partial charge in [-0.05, 0) is 55.3 Å². The van der Waals surface area contributed by atoms with E-state index in [1.54, 1.807) is 37.2 Å². The van der Waals surface area contributed by atoms with Crippen LogP contribution in [0, 0.1) is 13.8 Å². The average molecular weight is 500 g/mol. The van der Waals surface area contributed by atoms with Crippen LogP contribution in [0.1, 0.15) is 21.6 Å². The average Bonchev–Trinajstić information content (AvgIpc) is 3.37. The second-order valence-corrected chi connectivity index (χ2v) is 8.42. The molecular formula is C28H29N5O4. The van der Waals surface area contributed by atoms with Crippen molar-refractivity contribution < 1.29 is 19.1 Å². The first-order chi connectivity index (χ1) is 17.9. The number of hydrazine groups is 1. The molecule has 4 rings (SSSR count). The minimum absolute atomic E-state index is 0.00876. The first kappa shape index (κ1) is 25.3. The third-order valence-electron chi connectivity index (χ3n) is 5.78. The first-order valence-corrected chi connectivity index (χ1v) is 11.7. The maximum Gasteiger partial charge on any atom is 0.290 e. The smallest absolute Gasteiger partial charge is 0.290 e. The van der Waals surface area contributed by atoms with E-state index in [-0.39, 0.29) is 12.2 Å². The number of amides is 2. The van der Waals surface area contributed by atoms with E-state index < -0.39 is 11.8 Å². The Balaban J connectivity index is 1.54. The summed E-state index contributed by atoms with van der Waals surface area (Å²) in [7, 11) is 3.10. The molecule has 1 heterocycles. The van der Waals surface area contributed by atoms with E-state index in [4.69, 9.17) is 9.47 Å². The third kappa shape index (κ3) is 5.90. The Bertz CT molecular complexity index is 1420. The molecule has 0 radical (unpaired) electrons. The van der Waals surface area contributed by atoms with Crippen LogP contribution < -0.4 is 25.6 Å². The van der Waals surface area contributed by atoms with Gasteiger partial charge in [-0.15, -0.1) is 0 Å². The number of aromatic nitrogens is 2. The standard InChI is InChI=1S/C28H29N5O4/c1-18-10-12-23(19(2)14-18)29-16-26(34)30-31-28(35)27-22(17-33(32-27)21-8-6-5-7-9-21)20-11-13-24(36-3)25(15-20)37-4/h5-15,17,29H,16H2,1-4H3,(H,30,34)(H,31,35). The molecule has 190 valence electrons. The van der Waals surface area contributed by atoms with Crippen LogP contribution in [0.3, 0.4) is 0 Å². The Morgan fingerprint density at radius 1 is 0.892 bits per heavy atom. The molecule has 4 aromatic rings. The molecule has 2 amide bonds. The van der Waals surface area contributed by atoms with Crippen molar-refractivity contribution in [1.29, 1.82) is 0 Å². The Hall–Kier alpha value is -4.79. The number of ether oxygens (including phenoxy) is 2. The fraction of sp³-hybridized carbons (Fsp3) is 0.179. The summed E-state index contributed by atoms with van der Waals surface area (Å²) < 4.78 is 12.4. The summed E-state index contributed by atoms with van der Waals surface area (Å²) in [6.45, 7) is 3.97. The number of para-hydroxylation sites is 1. The van der Waals surface area contributed by atoms with Gasteiger partial charge in [-0.3, -0.25) is 20.4 Å². The van der Waals surface area contributed by atoms with Gasteiger partial charge in [0, 0.05) is 17.4 Å². The summed E-state index contributed by atoms with van der Waals surface area (Å²) in [5.41, 5.74) is 10.1. The zero-order valence-corrected chi connectivity index (χ0v) is 21.2. The van der Waals surface area contributed by atoms with Crippen LogP contribution in [0.5, 0.6) is 11.5 Å². The molecule has 0 saturated heterocycles. The number of anilines is 1. The normalized spacial score (nSPS) is 10.5. The minimum atomic E-state index is -0.556. The van der Waals surface area contributed by atoms with Crippen molar-refractivity contribution in [2.75, 3.05) is 26.1 Å². The summed E-state index contributed by atoms with van der Waals surface area (Å²) in [5.74, 6) is 0.128. The Morgan fingerprint density at radius 2 is 1.65 bits per heavy atom. The fourth-order valence-electron chi connectivity index (χ4n) is 3.89.